The van der Waals surface area contributed by atoms with Crippen LogP contribution in [0.25, 0.3) is 0 Å². The van der Waals surface area contributed by atoms with Gasteiger partial charge in [-0.2, -0.15) is 0 Å². The number of carbonyl (C=O) groups excluding carboxylic acids is 1. The van der Waals surface area contributed by atoms with Crippen LogP contribution in [0.1, 0.15) is 15.9 Å². The molecule has 0 bridgehead atoms. The highest BCUT2D eigenvalue weighted by atomic mass is 35.5. The fourth-order valence-corrected chi connectivity index (χ4v) is 1.25. The Balaban J connectivity index is 2.74. The van der Waals surface area contributed by atoms with Gasteiger partial charge in [0, 0.05) is 15.6 Å². The topological polar surface area (TPSA) is 29.1 Å². The maximum absolute atomic E-state index is 11.6. The van der Waals surface area contributed by atoms with Crippen molar-refractivity contribution in [3.8, 4) is 0 Å². The molecule has 0 aliphatic carbocycles. The van der Waals surface area contributed by atoms with Gasteiger partial charge in [-0.3, -0.25) is 4.79 Å². The molecule has 0 aliphatic heterocycles. The van der Waals surface area contributed by atoms with Crippen LogP contribution in [0, 0.1) is 6.92 Å². The normalized spacial score (nSPS) is 9.80. The maximum Gasteiger partial charge on any atom is 0.251 e. The van der Waals surface area contributed by atoms with Gasteiger partial charge in [0.05, 0.1) is 6.54 Å². The summed E-state index contributed by atoms with van der Waals surface area (Å²) >= 11 is 11.4. The van der Waals surface area contributed by atoms with Gasteiger partial charge in [-0.15, -0.1) is 0 Å². The number of amides is 1. The SMILES string of the molecule is C=C(Cl)CNC(=O)c1ccc(Cl)c(C)c1. The molecule has 0 unspecified atom stereocenters. The summed E-state index contributed by atoms with van der Waals surface area (Å²) in [6.45, 7) is 5.59. The molecule has 0 atom stereocenters. The highest BCUT2D eigenvalue weighted by Gasteiger charge is 2.06. The van der Waals surface area contributed by atoms with Gasteiger partial charge in [-0.05, 0) is 30.7 Å². The monoisotopic (exact) mass is 243 g/mol. The number of hydrogen-bond acceptors (Lipinski definition) is 1. The van der Waals surface area contributed by atoms with Crippen LogP contribution in [0.4, 0.5) is 0 Å². The van der Waals surface area contributed by atoms with Crippen molar-refractivity contribution in [1.29, 1.82) is 0 Å². The molecule has 2 nitrogen and oxygen atoms in total. The van der Waals surface area contributed by atoms with Gasteiger partial charge in [0.2, 0.25) is 0 Å². The number of nitrogens with one attached hydrogen (secondary N) is 1. The van der Waals surface area contributed by atoms with Crippen LogP contribution < -0.4 is 5.32 Å². The average Bonchev–Trinajstić information content (AvgIpc) is 2.18. The lowest BCUT2D eigenvalue weighted by Crippen LogP contribution is -2.24. The number of hydrogen-bond donors (Lipinski definition) is 1. The fraction of sp³-hybridized carbons (Fsp3) is 0.182. The first kappa shape index (κ1) is 12.1. The summed E-state index contributed by atoms with van der Waals surface area (Å²) in [4.78, 5) is 11.6. The molecule has 0 aliphatic rings. The predicted molar refractivity (Wildman–Crippen MR) is 63.5 cm³/mol. The van der Waals surface area contributed by atoms with Crippen molar-refractivity contribution in [2.24, 2.45) is 0 Å². The van der Waals surface area contributed by atoms with Gasteiger partial charge in [-0.1, -0.05) is 29.8 Å². The van der Waals surface area contributed by atoms with E-state index in [4.69, 9.17) is 23.2 Å². The van der Waals surface area contributed by atoms with E-state index in [-0.39, 0.29) is 12.5 Å². The van der Waals surface area contributed by atoms with Crippen LogP contribution in [0.5, 0.6) is 0 Å². The van der Waals surface area contributed by atoms with E-state index in [1.807, 2.05) is 6.92 Å². The quantitative estimate of drug-likeness (QED) is 0.869. The molecule has 1 N–H and O–H groups in total. The number of rotatable bonds is 3. The minimum Gasteiger partial charge on any atom is -0.347 e. The van der Waals surface area contributed by atoms with E-state index < -0.39 is 0 Å². The molecule has 0 heterocycles. The highest BCUT2D eigenvalue weighted by molar-refractivity contribution is 6.31. The third-order valence-electron chi connectivity index (χ3n) is 1.86. The van der Waals surface area contributed by atoms with Gasteiger partial charge in [0.15, 0.2) is 0 Å². The molecule has 1 aromatic rings. The molecular formula is C11H11Cl2NO. The summed E-state index contributed by atoms with van der Waals surface area (Å²) in [5.41, 5.74) is 1.43. The standard InChI is InChI=1S/C11H11Cl2NO/c1-7-5-9(3-4-10(7)13)11(15)14-6-8(2)12/h3-5H,2,6H2,1H3,(H,14,15). The van der Waals surface area contributed by atoms with Gasteiger partial charge < -0.3 is 5.32 Å². The first-order chi connectivity index (χ1) is 7.00. The van der Waals surface area contributed by atoms with Crippen molar-refractivity contribution in [3.05, 3.63) is 46.0 Å². The van der Waals surface area contributed by atoms with Crippen LogP contribution in [-0.4, -0.2) is 12.5 Å². The summed E-state index contributed by atoms with van der Waals surface area (Å²) in [6.07, 6.45) is 0. The summed E-state index contributed by atoms with van der Waals surface area (Å²) in [7, 11) is 0. The Bertz CT molecular complexity index is 402. The van der Waals surface area contributed by atoms with Crippen molar-refractivity contribution < 1.29 is 4.79 Å². The maximum atomic E-state index is 11.6. The van der Waals surface area contributed by atoms with Crippen molar-refractivity contribution in [2.45, 2.75) is 6.92 Å². The van der Waals surface area contributed by atoms with E-state index in [9.17, 15) is 4.79 Å². The molecule has 0 radical (unpaired) electrons. The van der Waals surface area contributed by atoms with Crippen LogP contribution in [0.2, 0.25) is 5.02 Å². The minimum atomic E-state index is -0.184. The molecule has 0 aromatic heterocycles. The molecule has 15 heavy (non-hydrogen) atoms. The summed E-state index contributed by atoms with van der Waals surface area (Å²) in [6, 6.07) is 5.09. The molecule has 1 aromatic carbocycles. The van der Waals surface area contributed by atoms with E-state index in [0.29, 0.717) is 15.6 Å². The van der Waals surface area contributed by atoms with Crippen molar-refractivity contribution in [1.82, 2.24) is 5.32 Å². The van der Waals surface area contributed by atoms with E-state index in [2.05, 4.69) is 11.9 Å². The molecule has 1 amide bonds. The second kappa shape index (κ2) is 5.19. The number of benzene rings is 1. The van der Waals surface area contributed by atoms with E-state index in [1.165, 1.54) is 0 Å². The van der Waals surface area contributed by atoms with Crippen molar-refractivity contribution in [2.75, 3.05) is 6.54 Å². The van der Waals surface area contributed by atoms with Gasteiger partial charge in [0.1, 0.15) is 0 Å². The van der Waals surface area contributed by atoms with Gasteiger partial charge in [-0.25, -0.2) is 0 Å². The van der Waals surface area contributed by atoms with Crippen LogP contribution in [0.15, 0.2) is 29.8 Å². The molecule has 0 saturated carbocycles. The van der Waals surface area contributed by atoms with Crippen molar-refractivity contribution >= 4 is 29.1 Å². The van der Waals surface area contributed by atoms with Crippen LogP contribution in [-0.2, 0) is 0 Å². The fourth-order valence-electron chi connectivity index (χ4n) is 1.06. The van der Waals surface area contributed by atoms with E-state index in [1.54, 1.807) is 18.2 Å². The Morgan fingerprint density at radius 2 is 2.20 bits per heavy atom. The first-order valence-corrected chi connectivity index (χ1v) is 5.14. The largest absolute Gasteiger partial charge is 0.347 e. The zero-order valence-corrected chi connectivity index (χ0v) is 9.82. The summed E-state index contributed by atoms with van der Waals surface area (Å²) in [5, 5.41) is 3.68. The molecule has 4 heteroatoms. The highest BCUT2D eigenvalue weighted by Crippen LogP contribution is 2.16. The smallest absolute Gasteiger partial charge is 0.251 e. The Kier molecular flexibility index (Phi) is 4.18. The molecule has 0 spiro atoms. The molecule has 0 fully saturated rings. The lowest BCUT2D eigenvalue weighted by molar-refractivity contribution is 0.0957. The third-order valence-corrected chi connectivity index (χ3v) is 2.42. The van der Waals surface area contributed by atoms with Gasteiger partial charge >= 0.3 is 0 Å². The summed E-state index contributed by atoms with van der Waals surface area (Å²) in [5.74, 6) is -0.184. The lowest BCUT2D eigenvalue weighted by atomic mass is 10.1. The Hall–Kier alpha value is -0.990. The molecular weight excluding hydrogens is 233 g/mol. The lowest BCUT2D eigenvalue weighted by Gasteiger charge is -2.05. The van der Waals surface area contributed by atoms with E-state index >= 15 is 0 Å². The van der Waals surface area contributed by atoms with Crippen molar-refractivity contribution in [3.63, 3.8) is 0 Å². The molecule has 0 saturated heterocycles. The number of halogens is 2. The first-order valence-electron chi connectivity index (χ1n) is 4.38. The van der Waals surface area contributed by atoms with Crippen LogP contribution >= 0.6 is 23.2 Å². The Morgan fingerprint density at radius 3 is 2.73 bits per heavy atom. The zero-order valence-electron chi connectivity index (χ0n) is 8.31. The van der Waals surface area contributed by atoms with Crippen LogP contribution in [0.3, 0.4) is 0 Å². The second-order valence-corrected chi connectivity index (χ2v) is 4.11. The Morgan fingerprint density at radius 1 is 1.53 bits per heavy atom. The zero-order chi connectivity index (χ0) is 11.4. The molecule has 1 rings (SSSR count). The predicted octanol–water partition coefficient (Wildman–Crippen LogP) is 3.13. The summed E-state index contributed by atoms with van der Waals surface area (Å²) < 4.78 is 0. The van der Waals surface area contributed by atoms with Gasteiger partial charge in [0.25, 0.3) is 5.91 Å². The number of aryl methyl sites for hydroxylation is 1. The Labute approximate surface area is 98.9 Å². The second-order valence-electron chi connectivity index (χ2n) is 3.16. The number of carbonyl (C=O) groups is 1. The average molecular weight is 244 g/mol. The minimum absolute atomic E-state index is 0.184. The third kappa shape index (κ3) is 3.57. The van der Waals surface area contributed by atoms with E-state index in [0.717, 1.165) is 5.56 Å². The molecule has 80 valence electrons.